The fourth-order valence-corrected chi connectivity index (χ4v) is 1.55. The van der Waals surface area contributed by atoms with Crippen LogP contribution in [0.25, 0.3) is 10.9 Å². The van der Waals surface area contributed by atoms with Crippen LogP contribution in [-0.2, 0) is 0 Å². The molecule has 7 nitrogen and oxygen atoms in total. The monoisotopic (exact) mass is 233 g/mol. The molecular weight excluding hydrogens is 222 g/mol. The van der Waals surface area contributed by atoms with Gasteiger partial charge in [-0.15, -0.1) is 6.58 Å². The number of non-ortho nitro benzene ring substituents is 1. The molecule has 1 aromatic heterocycles. The highest BCUT2D eigenvalue weighted by Gasteiger charge is 2.14. The molecule has 0 aliphatic rings. The Bertz CT molecular complexity index is 577. The number of hydrogen-bond donors (Lipinski definition) is 2. The van der Waals surface area contributed by atoms with Crippen LogP contribution in [0.3, 0.4) is 0 Å². The van der Waals surface area contributed by atoms with E-state index >= 15 is 0 Å². The zero-order valence-electron chi connectivity index (χ0n) is 8.96. The number of aromatic nitrogens is 2. The number of H-pyrrole nitrogens is 1. The van der Waals surface area contributed by atoms with E-state index in [9.17, 15) is 10.1 Å². The van der Waals surface area contributed by atoms with Gasteiger partial charge in [-0.05, 0) is 6.07 Å². The molecule has 0 bridgehead atoms. The molecule has 3 N–H and O–H groups in total. The Kier molecular flexibility index (Phi) is 2.75. The average molecular weight is 233 g/mol. The molecule has 2 rings (SSSR count). The lowest BCUT2D eigenvalue weighted by molar-refractivity contribution is -0.384. The lowest BCUT2D eigenvalue weighted by Crippen LogP contribution is -2.31. The molecule has 0 radical (unpaired) electrons. The molecule has 0 saturated heterocycles. The van der Waals surface area contributed by atoms with Gasteiger partial charge in [-0.1, -0.05) is 6.08 Å². The van der Waals surface area contributed by atoms with E-state index in [0.717, 1.165) is 0 Å². The Morgan fingerprint density at radius 1 is 1.65 bits per heavy atom. The van der Waals surface area contributed by atoms with Gasteiger partial charge in [0.15, 0.2) is 5.82 Å². The molecule has 0 spiro atoms. The van der Waals surface area contributed by atoms with E-state index in [1.807, 2.05) is 0 Å². The van der Waals surface area contributed by atoms with Crippen LogP contribution in [0.4, 0.5) is 11.5 Å². The summed E-state index contributed by atoms with van der Waals surface area (Å²) < 4.78 is 0. The van der Waals surface area contributed by atoms with Crippen LogP contribution < -0.4 is 10.9 Å². The van der Waals surface area contributed by atoms with Crippen LogP contribution in [0.15, 0.2) is 30.9 Å². The van der Waals surface area contributed by atoms with E-state index in [1.54, 1.807) is 12.1 Å². The van der Waals surface area contributed by atoms with Gasteiger partial charge in [0.25, 0.3) is 5.69 Å². The predicted octanol–water partition coefficient (Wildman–Crippen LogP) is 1.34. The van der Waals surface area contributed by atoms with Gasteiger partial charge in [0.1, 0.15) is 0 Å². The molecule has 0 saturated carbocycles. The fourth-order valence-electron chi connectivity index (χ4n) is 1.55. The second kappa shape index (κ2) is 4.22. The summed E-state index contributed by atoms with van der Waals surface area (Å²) >= 11 is 0. The average Bonchev–Trinajstić information content (AvgIpc) is 2.71. The zero-order chi connectivity index (χ0) is 12.4. The van der Waals surface area contributed by atoms with Crippen molar-refractivity contribution in [3.8, 4) is 0 Å². The summed E-state index contributed by atoms with van der Waals surface area (Å²) in [5, 5.41) is 19.5. The van der Waals surface area contributed by atoms with E-state index < -0.39 is 4.92 Å². The van der Waals surface area contributed by atoms with Crippen LogP contribution >= 0.6 is 0 Å². The highest BCUT2D eigenvalue weighted by Crippen LogP contribution is 2.26. The molecule has 0 amide bonds. The highest BCUT2D eigenvalue weighted by molar-refractivity contribution is 5.91. The maximum absolute atomic E-state index is 10.7. The number of benzene rings is 1. The first kappa shape index (κ1) is 11.1. The third-order valence-corrected chi connectivity index (χ3v) is 2.33. The zero-order valence-corrected chi connectivity index (χ0v) is 8.96. The largest absolute Gasteiger partial charge is 0.289 e. The number of rotatable bonds is 4. The molecule has 1 heterocycles. The number of hydrogen-bond acceptors (Lipinski definition) is 5. The number of nitro benzene ring substituents is 1. The van der Waals surface area contributed by atoms with Crippen molar-refractivity contribution in [1.82, 2.24) is 10.2 Å². The van der Waals surface area contributed by atoms with Gasteiger partial charge in [0.05, 0.1) is 22.4 Å². The van der Waals surface area contributed by atoms with Crippen LogP contribution in [0, 0.1) is 10.1 Å². The molecule has 0 atom stereocenters. The second-order valence-electron chi connectivity index (χ2n) is 3.48. The molecule has 0 aliphatic carbocycles. The summed E-state index contributed by atoms with van der Waals surface area (Å²) in [4.78, 5) is 10.2. The third-order valence-electron chi connectivity index (χ3n) is 2.33. The van der Waals surface area contributed by atoms with Crippen LogP contribution in [-0.4, -0.2) is 21.7 Å². The summed E-state index contributed by atoms with van der Waals surface area (Å²) in [7, 11) is 0. The van der Waals surface area contributed by atoms with Crippen molar-refractivity contribution in [3.05, 3.63) is 41.0 Å². The van der Waals surface area contributed by atoms with Gasteiger partial charge in [-0.25, -0.2) is 5.84 Å². The Morgan fingerprint density at radius 3 is 3.06 bits per heavy atom. The SMILES string of the molecule is C=CCN(N)c1n[nH]c2ccc([N+](=O)[O-])cc12. The van der Waals surface area contributed by atoms with E-state index in [0.29, 0.717) is 23.3 Å². The lowest BCUT2D eigenvalue weighted by Gasteiger charge is -2.12. The molecule has 0 unspecified atom stereocenters. The maximum Gasteiger partial charge on any atom is 0.270 e. The standard InChI is InChI=1S/C10H11N5O2/c1-2-5-14(11)10-8-6-7(15(16)17)3-4-9(8)12-13-10/h2-4,6H,1,5,11H2,(H,12,13). The normalized spacial score (nSPS) is 10.4. The van der Waals surface area contributed by atoms with Crippen molar-refractivity contribution in [2.45, 2.75) is 0 Å². The second-order valence-corrected chi connectivity index (χ2v) is 3.48. The maximum atomic E-state index is 10.7. The number of aromatic amines is 1. The van der Waals surface area contributed by atoms with Crippen molar-refractivity contribution in [3.63, 3.8) is 0 Å². The molecule has 0 fully saturated rings. The van der Waals surface area contributed by atoms with Gasteiger partial charge in [0.2, 0.25) is 0 Å². The first-order chi connectivity index (χ1) is 8.13. The summed E-state index contributed by atoms with van der Waals surface area (Å²) in [5.74, 6) is 6.21. The first-order valence-electron chi connectivity index (χ1n) is 4.89. The van der Waals surface area contributed by atoms with E-state index in [2.05, 4.69) is 16.8 Å². The van der Waals surface area contributed by atoms with Gasteiger partial charge < -0.3 is 0 Å². The quantitative estimate of drug-likeness (QED) is 0.359. The number of nitro groups is 1. The smallest absolute Gasteiger partial charge is 0.270 e. The first-order valence-corrected chi connectivity index (χ1v) is 4.89. The fraction of sp³-hybridized carbons (Fsp3) is 0.100. The molecule has 7 heteroatoms. The summed E-state index contributed by atoms with van der Waals surface area (Å²) in [6.45, 7) is 3.97. The highest BCUT2D eigenvalue weighted by atomic mass is 16.6. The van der Waals surface area contributed by atoms with E-state index in [1.165, 1.54) is 17.1 Å². The number of nitrogens with one attached hydrogen (secondary N) is 1. The Labute approximate surface area is 96.6 Å². The Morgan fingerprint density at radius 2 is 2.41 bits per heavy atom. The van der Waals surface area contributed by atoms with Crippen molar-refractivity contribution >= 4 is 22.4 Å². The minimum Gasteiger partial charge on any atom is -0.289 e. The molecule has 1 aromatic carbocycles. The Balaban J connectivity index is 2.53. The molecular formula is C10H11N5O2. The number of nitrogens with zero attached hydrogens (tertiary/aromatic N) is 3. The molecule has 88 valence electrons. The van der Waals surface area contributed by atoms with Gasteiger partial charge in [-0.3, -0.25) is 20.2 Å². The topological polar surface area (TPSA) is 101 Å². The summed E-state index contributed by atoms with van der Waals surface area (Å²) in [6.07, 6.45) is 1.62. The number of nitrogens with two attached hydrogens (primary N) is 1. The van der Waals surface area contributed by atoms with Gasteiger partial charge in [-0.2, -0.15) is 5.10 Å². The van der Waals surface area contributed by atoms with Crippen LogP contribution in [0.2, 0.25) is 0 Å². The minimum atomic E-state index is -0.454. The van der Waals surface area contributed by atoms with Crippen molar-refractivity contribution in [2.75, 3.05) is 11.6 Å². The number of anilines is 1. The lowest BCUT2D eigenvalue weighted by atomic mass is 10.2. The van der Waals surface area contributed by atoms with Crippen LogP contribution in [0.1, 0.15) is 0 Å². The van der Waals surface area contributed by atoms with Crippen molar-refractivity contribution in [1.29, 1.82) is 0 Å². The third kappa shape index (κ3) is 1.95. The van der Waals surface area contributed by atoms with Crippen molar-refractivity contribution in [2.24, 2.45) is 5.84 Å². The molecule has 17 heavy (non-hydrogen) atoms. The number of fused-ring (bicyclic) bond motifs is 1. The van der Waals surface area contributed by atoms with Gasteiger partial charge >= 0.3 is 0 Å². The summed E-state index contributed by atoms with van der Waals surface area (Å²) in [5.41, 5.74) is 0.706. The van der Waals surface area contributed by atoms with Gasteiger partial charge in [0, 0.05) is 12.1 Å². The minimum absolute atomic E-state index is 0.00662. The summed E-state index contributed by atoms with van der Waals surface area (Å²) in [6, 6.07) is 4.46. The van der Waals surface area contributed by atoms with Crippen LogP contribution in [0.5, 0.6) is 0 Å². The van der Waals surface area contributed by atoms with E-state index in [4.69, 9.17) is 5.84 Å². The molecule has 2 aromatic rings. The molecule has 0 aliphatic heterocycles. The number of hydrazine groups is 1. The van der Waals surface area contributed by atoms with Crippen molar-refractivity contribution < 1.29 is 4.92 Å². The Hall–Kier alpha value is -2.41. The predicted molar refractivity (Wildman–Crippen MR) is 64.5 cm³/mol. The van der Waals surface area contributed by atoms with E-state index in [-0.39, 0.29) is 5.69 Å².